The average Bonchev–Trinajstić information content (AvgIpc) is 2.89. The summed E-state index contributed by atoms with van der Waals surface area (Å²) in [6, 6.07) is 4.32. The van der Waals surface area contributed by atoms with E-state index in [2.05, 4.69) is 19.9 Å². The molecule has 0 radical (unpaired) electrons. The van der Waals surface area contributed by atoms with Crippen molar-refractivity contribution in [2.75, 3.05) is 26.4 Å². The largest absolute Gasteiger partial charge is 0.472 e. The van der Waals surface area contributed by atoms with Crippen LogP contribution in [0.15, 0.2) is 87.4 Å². The summed E-state index contributed by atoms with van der Waals surface area (Å²) in [7, 11) is -16.4. The number of hydrogen-bond acceptors (Lipinski definition) is 26. The van der Waals surface area contributed by atoms with E-state index >= 15 is 4.57 Å². The quantitative estimate of drug-likeness (QED) is 0.0218. The number of rotatable bonds is 23. The highest BCUT2D eigenvalue weighted by atomic mass is 31.2. The molecule has 0 spiro atoms. The number of nitrogens with zero attached hydrogens (tertiary/aromatic N) is 5. The van der Waals surface area contributed by atoms with Crippen LogP contribution in [0.4, 0.5) is 5.69 Å². The highest BCUT2D eigenvalue weighted by Gasteiger charge is 2.51. The Balaban J connectivity index is 1.000. The van der Waals surface area contributed by atoms with E-state index in [1.807, 2.05) is 0 Å². The number of hydrogen-bond donors (Lipinski definition) is 9. The smallest absolute Gasteiger partial charge is 0.394 e. The lowest BCUT2D eigenvalue weighted by molar-refractivity contribution is -0.386. The van der Waals surface area contributed by atoms with E-state index in [9.17, 15) is 82.7 Å². The third-order valence-electron chi connectivity index (χ3n) is 14.5. The molecule has 4 aliphatic heterocycles. The Hall–Kier alpha value is -6.57. The van der Waals surface area contributed by atoms with Crippen LogP contribution in [0.25, 0.3) is 0 Å². The van der Waals surface area contributed by atoms with Gasteiger partial charge in [0.05, 0.1) is 43.0 Å². The molecular formula is C47H58N9O28P3. The number of nitrogens with one attached hydrogen (secondary N) is 4. The van der Waals surface area contributed by atoms with Crippen LogP contribution in [0.5, 0.6) is 0 Å². The predicted octanol–water partition coefficient (Wildman–Crippen LogP) is -0.877. The molecule has 16 atom stereocenters. The Labute approximate surface area is 485 Å². The molecule has 5 aromatic rings. The van der Waals surface area contributed by atoms with Crippen molar-refractivity contribution in [2.24, 2.45) is 0 Å². The lowest BCUT2D eigenvalue weighted by Gasteiger charge is -2.30. The number of nitro benzene ring substituents is 1. The third kappa shape index (κ3) is 14.5. The van der Waals surface area contributed by atoms with Gasteiger partial charge in [-0.1, -0.05) is 12.1 Å². The number of aromatic amines is 4. The fourth-order valence-corrected chi connectivity index (χ4v) is 13.7. The number of H-pyrrole nitrogens is 4. The van der Waals surface area contributed by atoms with E-state index in [0.29, 0.717) is 0 Å². The van der Waals surface area contributed by atoms with E-state index in [-0.39, 0.29) is 35.1 Å². The maximum Gasteiger partial charge on any atom is 0.472 e. The number of aliphatic hydroxyl groups excluding tert-OH is 3. The summed E-state index contributed by atoms with van der Waals surface area (Å²) in [4.78, 5) is 143. The van der Waals surface area contributed by atoms with Crippen LogP contribution < -0.4 is 45.0 Å². The minimum atomic E-state index is -5.59. The average molecular weight is 1290 g/mol. The first-order chi connectivity index (χ1) is 40.9. The number of aliphatic hydroxyl groups is 3. The number of phosphoric acid groups is 2. The fourth-order valence-electron chi connectivity index (χ4n) is 9.95. The lowest BCUT2D eigenvalue weighted by atomic mass is 10.2. The van der Waals surface area contributed by atoms with Crippen LogP contribution >= 0.6 is 23.2 Å². The molecular weight excluding hydrogens is 1230 g/mol. The Morgan fingerprint density at radius 2 is 0.908 bits per heavy atom. The van der Waals surface area contributed by atoms with Gasteiger partial charge < -0.3 is 53.1 Å². The summed E-state index contributed by atoms with van der Waals surface area (Å²) < 4.78 is 104. The predicted molar refractivity (Wildman–Crippen MR) is 289 cm³/mol. The van der Waals surface area contributed by atoms with Gasteiger partial charge in [0.2, 0.25) is 0 Å². The van der Waals surface area contributed by atoms with Crippen LogP contribution in [0.1, 0.15) is 84.3 Å². The number of nitro groups is 1. The lowest BCUT2D eigenvalue weighted by Crippen LogP contribution is -2.33. The van der Waals surface area contributed by atoms with E-state index < -0.39 is 203 Å². The molecule has 4 fully saturated rings. The Morgan fingerprint density at radius 3 is 1.32 bits per heavy atom. The molecule has 4 unspecified atom stereocenters. The molecule has 9 N–H and O–H groups in total. The molecule has 4 aromatic heterocycles. The minimum absolute atomic E-state index is 0.0185. The second-order valence-electron chi connectivity index (χ2n) is 20.6. The fraction of sp³-hybridized carbons (Fsp3) is 0.532. The summed E-state index contributed by atoms with van der Waals surface area (Å²) >= 11 is 0. The van der Waals surface area contributed by atoms with Crippen LogP contribution in [-0.2, 0) is 59.8 Å². The van der Waals surface area contributed by atoms with Gasteiger partial charge in [-0.25, -0.2) is 28.3 Å². The molecule has 0 aliphatic carbocycles. The zero-order chi connectivity index (χ0) is 63.2. The minimum Gasteiger partial charge on any atom is -0.394 e. The Kier molecular flexibility index (Phi) is 19.3. The number of ether oxygens (including phenoxy) is 4. The zero-order valence-corrected chi connectivity index (χ0v) is 48.7. The highest BCUT2D eigenvalue weighted by molar-refractivity contribution is 7.54. The Morgan fingerprint density at radius 1 is 0.563 bits per heavy atom. The molecule has 1 aromatic carbocycles. The third-order valence-corrected chi connectivity index (χ3v) is 18.5. The van der Waals surface area contributed by atoms with Crippen molar-refractivity contribution in [1.29, 1.82) is 0 Å². The van der Waals surface area contributed by atoms with Crippen LogP contribution in [-0.4, -0.2) is 143 Å². The molecule has 87 heavy (non-hydrogen) atoms. The normalized spacial score (nSPS) is 28.1. The van der Waals surface area contributed by atoms with Gasteiger partial charge in [0.15, 0.2) is 5.85 Å². The van der Waals surface area contributed by atoms with Crippen molar-refractivity contribution in [1.82, 2.24) is 38.2 Å². The number of phosphoric ester groups is 2. The number of aryl methyl sites for hydroxylation is 4. The van der Waals surface area contributed by atoms with Gasteiger partial charge in [0.25, 0.3) is 27.9 Å². The van der Waals surface area contributed by atoms with Crippen molar-refractivity contribution >= 4 is 28.9 Å². The summed E-state index contributed by atoms with van der Waals surface area (Å²) in [6.07, 6.45) is -15.7. The number of aromatic nitrogens is 8. The summed E-state index contributed by atoms with van der Waals surface area (Å²) in [5.74, 6) is -2.67. The first-order valence-corrected chi connectivity index (χ1v) is 30.9. The second-order valence-corrected chi connectivity index (χ2v) is 25.5. The summed E-state index contributed by atoms with van der Waals surface area (Å²) in [5, 5.41) is 45.5. The van der Waals surface area contributed by atoms with Crippen molar-refractivity contribution in [3.05, 3.63) is 170 Å². The molecule has 9 rings (SSSR count). The first kappa shape index (κ1) is 64.9. The van der Waals surface area contributed by atoms with E-state index in [4.69, 9.17) is 46.1 Å². The van der Waals surface area contributed by atoms with Gasteiger partial charge in [0, 0.05) is 78.8 Å². The number of para-hydroxylation sites is 1. The number of benzene rings is 1. The monoisotopic (exact) mass is 1290 g/mol. The summed E-state index contributed by atoms with van der Waals surface area (Å²) in [6.45, 7) is 1.52. The zero-order valence-electron chi connectivity index (χ0n) is 46.0. The second kappa shape index (κ2) is 25.9. The van der Waals surface area contributed by atoms with Crippen molar-refractivity contribution < 1.29 is 89.8 Å². The van der Waals surface area contributed by atoms with Gasteiger partial charge in [-0.2, -0.15) is 0 Å². The van der Waals surface area contributed by atoms with E-state index in [1.165, 1.54) is 46.0 Å². The van der Waals surface area contributed by atoms with E-state index in [0.717, 1.165) is 49.0 Å². The van der Waals surface area contributed by atoms with Gasteiger partial charge >= 0.3 is 46.0 Å². The van der Waals surface area contributed by atoms with Gasteiger partial charge in [-0.05, 0) is 33.8 Å². The summed E-state index contributed by atoms with van der Waals surface area (Å²) in [5.41, 5.74) is -8.25. The van der Waals surface area contributed by atoms with Crippen LogP contribution in [0.2, 0.25) is 0 Å². The molecule has 0 bridgehead atoms. The van der Waals surface area contributed by atoms with Crippen molar-refractivity contribution in [2.45, 2.75) is 133 Å². The topological polar surface area (TPSA) is 507 Å². The maximum absolute atomic E-state index is 15.7. The maximum atomic E-state index is 15.7. The molecule has 0 saturated carbocycles. The molecule has 4 aliphatic rings. The van der Waals surface area contributed by atoms with Gasteiger partial charge in [-0.3, -0.25) is 90.2 Å². The molecule has 474 valence electrons. The highest BCUT2D eigenvalue weighted by Crippen LogP contribution is 2.63. The van der Waals surface area contributed by atoms with Gasteiger partial charge in [0.1, 0.15) is 67.6 Å². The molecule has 40 heteroatoms. The standard InChI is InChI=1S/C47H58N9O28P3/c1-21-13-52(44(64)48-39(21)59)35-9-27(58)32(79-35)18-76-86(71,72)84-30-12-38(55-16-24(4)42(62)51-47(55)67)80-33(30)19-75-85(70,43(63)25-7-5-6-8-26(25)56(68)69)82-29-11-37(54-15-23(3)41(61)50-46(54)66)81-34(29)20-77-87(73,74)83-28-10-36(78-31(28)17-57)53-14-22(2)40(60)49-45(53)65/h5-8,13-16,27-38,43,57-58,63H,9-12,17-20H2,1-4H3,(H,71,72)(H,73,74)(H,48,59,64)(H,49,60,65)(H,50,61,66)(H,51,62,67)/t27-,28-,29-,30-,31+,32+,33+,34+,35+,36+,37+,38+,43?,85?/m0/s1. The Bertz CT molecular complexity index is 4080. The molecule has 0 amide bonds. The molecule has 37 nitrogen and oxygen atoms in total. The molecule has 4 saturated heterocycles. The van der Waals surface area contributed by atoms with Crippen LogP contribution in [0, 0.1) is 37.8 Å². The van der Waals surface area contributed by atoms with E-state index in [1.54, 1.807) is 0 Å². The van der Waals surface area contributed by atoms with Crippen LogP contribution in [0.3, 0.4) is 0 Å². The SMILES string of the molecule is Cc1cn([C@H]2C[C@H](OP(=O)(O)OC[C@H]3O[C@@H](n4cc(C)c(=O)[nH]c4=O)C[C@@H]3OP(=O)(OC[C@H]3O[C@@H](n4cc(C)c(=O)[nH]c4=O)C[C@@H]3OP(=O)(O)OC[C@H]3O[C@@H](n4cc(C)c(=O)[nH]c4=O)C[C@@H]3O)C(O)c3ccccc3[N+](=O)[O-])[C@@H](CO)O2)c(=O)[nH]c1=O. The first-order valence-electron chi connectivity index (χ1n) is 26.3. The van der Waals surface area contributed by atoms with Crippen molar-refractivity contribution in [3.8, 4) is 0 Å². The van der Waals surface area contributed by atoms with Gasteiger partial charge in [-0.15, -0.1) is 0 Å². The molecule has 8 heterocycles. The van der Waals surface area contributed by atoms with Crippen molar-refractivity contribution in [3.63, 3.8) is 0 Å².